The Kier molecular flexibility index (Phi) is 4.36. The Balaban J connectivity index is 2.04. The quantitative estimate of drug-likeness (QED) is 0.637. The summed E-state index contributed by atoms with van der Waals surface area (Å²) in [7, 11) is 0. The third kappa shape index (κ3) is 3.69. The van der Waals surface area contributed by atoms with Crippen molar-refractivity contribution >= 4 is 5.69 Å². The van der Waals surface area contributed by atoms with E-state index in [-0.39, 0.29) is 5.75 Å². The Morgan fingerprint density at radius 2 is 1.79 bits per heavy atom. The smallest absolute Gasteiger partial charge is 0.138 e. The average Bonchev–Trinajstić information content (AvgIpc) is 2.43. The van der Waals surface area contributed by atoms with Crippen LogP contribution >= 0.6 is 0 Å². The zero-order chi connectivity index (χ0) is 13.7. The predicted molar refractivity (Wildman–Crippen MR) is 76.5 cm³/mol. The lowest BCUT2D eigenvalue weighted by Gasteiger charge is -2.20. The van der Waals surface area contributed by atoms with Crippen molar-refractivity contribution < 1.29 is 5.11 Å². The molecule has 1 heterocycles. The van der Waals surface area contributed by atoms with E-state index >= 15 is 0 Å². The molecule has 19 heavy (non-hydrogen) atoms. The molecule has 0 fully saturated rings. The largest absolute Gasteiger partial charge is 0.506 e. The third-order valence-electron chi connectivity index (χ3n) is 3.10. The number of phenols is 1. The highest BCUT2D eigenvalue weighted by Gasteiger charge is 2.06. The van der Waals surface area contributed by atoms with Gasteiger partial charge in [0.2, 0.25) is 0 Å². The molecule has 1 aromatic heterocycles. The Morgan fingerprint density at radius 3 is 2.42 bits per heavy atom. The average molecular weight is 257 g/mol. The number of hydrogen-bond acceptors (Lipinski definition) is 4. The number of aromatic nitrogens is 1. The van der Waals surface area contributed by atoms with E-state index in [4.69, 9.17) is 5.73 Å². The summed E-state index contributed by atoms with van der Waals surface area (Å²) in [5, 5.41) is 9.42. The van der Waals surface area contributed by atoms with Gasteiger partial charge < -0.3 is 10.8 Å². The Morgan fingerprint density at radius 1 is 1.11 bits per heavy atom. The second kappa shape index (κ2) is 6.20. The highest BCUT2D eigenvalue weighted by molar-refractivity contribution is 5.53. The number of rotatable bonds is 5. The van der Waals surface area contributed by atoms with Gasteiger partial charge in [-0.15, -0.1) is 0 Å². The van der Waals surface area contributed by atoms with Gasteiger partial charge in [0.1, 0.15) is 5.75 Å². The van der Waals surface area contributed by atoms with Crippen LogP contribution in [0.3, 0.4) is 0 Å². The molecule has 4 heteroatoms. The third-order valence-corrected chi connectivity index (χ3v) is 3.10. The van der Waals surface area contributed by atoms with Crippen LogP contribution in [0.25, 0.3) is 0 Å². The van der Waals surface area contributed by atoms with Crippen molar-refractivity contribution in [3.8, 4) is 5.75 Å². The van der Waals surface area contributed by atoms with Crippen LogP contribution in [-0.2, 0) is 13.1 Å². The standard InChI is InChI=1S/C15H19N3O/c1-2-18(10-12-5-7-17-8-6-12)11-13-3-4-15(19)14(16)9-13/h3-9,19H,2,10-11,16H2,1H3. The molecule has 0 aliphatic carbocycles. The van der Waals surface area contributed by atoms with E-state index in [2.05, 4.69) is 16.8 Å². The first-order valence-electron chi connectivity index (χ1n) is 6.37. The van der Waals surface area contributed by atoms with Crippen molar-refractivity contribution in [3.63, 3.8) is 0 Å². The molecular formula is C15H19N3O. The zero-order valence-electron chi connectivity index (χ0n) is 11.1. The molecule has 0 radical (unpaired) electrons. The number of nitrogens with two attached hydrogens (primary N) is 1. The number of hydrogen-bond donors (Lipinski definition) is 2. The number of aromatic hydroxyl groups is 1. The molecule has 1 aromatic carbocycles. The molecule has 2 aromatic rings. The van der Waals surface area contributed by atoms with Crippen molar-refractivity contribution in [3.05, 3.63) is 53.9 Å². The lowest BCUT2D eigenvalue weighted by molar-refractivity contribution is 0.271. The summed E-state index contributed by atoms with van der Waals surface area (Å²) in [5.41, 5.74) is 8.48. The minimum Gasteiger partial charge on any atom is -0.506 e. The van der Waals surface area contributed by atoms with Crippen LogP contribution in [0.2, 0.25) is 0 Å². The van der Waals surface area contributed by atoms with E-state index in [1.54, 1.807) is 6.07 Å². The molecule has 4 nitrogen and oxygen atoms in total. The molecule has 0 aliphatic rings. The maximum Gasteiger partial charge on any atom is 0.138 e. The topological polar surface area (TPSA) is 62.4 Å². The Hall–Kier alpha value is -2.07. The fourth-order valence-electron chi connectivity index (χ4n) is 1.99. The molecule has 0 bridgehead atoms. The normalized spacial score (nSPS) is 10.8. The molecule has 0 spiro atoms. The molecule has 0 aliphatic heterocycles. The van der Waals surface area contributed by atoms with Crippen LogP contribution in [0, 0.1) is 0 Å². The van der Waals surface area contributed by atoms with E-state index in [1.165, 1.54) is 5.56 Å². The van der Waals surface area contributed by atoms with Gasteiger partial charge in [-0.3, -0.25) is 9.88 Å². The monoisotopic (exact) mass is 257 g/mol. The summed E-state index contributed by atoms with van der Waals surface area (Å²) < 4.78 is 0. The molecule has 0 amide bonds. The molecule has 3 N–H and O–H groups in total. The van der Waals surface area contributed by atoms with Gasteiger partial charge in [-0.05, 0) is 41.9 Å². The highest BCUT2D eigenvalue weighted by atomic mass is 16.3. The number of anilines is 1. The van der Waals surface area contributed by atoms with Gasteiger partial charge in [-0.25, -0.2) is 0 Å². The van der Waals surface area contributed by atoms with Gasteiger partial charge >= 0.3 is 0 Å². The maximum absolute atomic E-state index is 9.42. The fraction of sp³-hybridized carbons (Fsp3) is 0.267. The van der Waals surface area contributed by atoms with Crippen LogP contribution < -0.4 is 5.73 Å². The summed E-state index contributed by atoms with van der Waals surface area (Å²) in [6, 6.07) is 9.41. The molecule has 0 atom stereocenters. The van der Waals surface area contributed by atoms with Crippen molar-refractivity contribution in [1.29, 1.82) is 0 Å². The van der Waals surface area contributed by atoms with E-state index in [0.29, 0.717) is 5.69 Å². The van der Waals surface area contributed by atoms with Crippen LogP contribution in [-0.4, -0.2) is 21.5 Å². The minimum atomic E-state index is 0.140. The van der Waals surface area contributed by atoms with Crippen molar-refractivity contribution in [1.82, 2.24) is 9.88 Å². The van der Waals surface area contributed by atoms with Gasteiger partial charge in [0.15, 0.2) is 0 Å². The van der Waals surface area contributed by atoms with Crippen molar-refractivity contribution in [2.24, 2.45) is 0 Å². The van der Waals surface area contributed by atoms with Gasteiger partial charge in [-0.1, -0.05) is 13.0 Å². The zero-order valence-corrected chi connectivity index (χ0v) is 11.1. The van der Waals surface area contributed by atoms with Crippen LogP contribution in [0.1, 0.15) is 18.1 Å². The summed E-state index contributed by atoms with van der Waals surface area (Å²) in [4.78, 5) is 6.33. The number of nitrogens with zero attached hydrogens (tertiary/aromatic N) is 2. The SMILES string of the molecule is CCN(Cc1ccncc1)Cc1ccc(O)c(N)c1. The predicted octanol–water partition coefficient (Wildman–Crippen LogP) is 2.39. The first-order chi connectivity index (χ1) is 9.19. The van der Waals surface area contributed by atoms with Gasteiger partial charge in [0.25, 0.3) is 0 Å². The molecule has 0 unspecified atom stereocenters. The van der Waals surface area contributed by atoms with E-state index in [0.717, 1.165) is 25.2 Å². The van der Waals surface area contributed by atoms with Gasteiger partial charge in [0.05, 0.1) is 5.69 Å². The van der Waals surface area contributed by atoms with E-state index in [9.17, 15) is 5.11 Å². The summed E-state index contributed by atoms with van der Waals surface area (Å²) >= 11 is 0. The van der Waals surface area contributed by atoms with Gasteiger partial charge in [-0.2, -0.15) is 0 Å². The molecule has 0 saturated heterocycles. The maximum atomic E-state index is 9.42. The number of benzene rings is 1. The Labute approximate surface area is 113 Å². The van der Waals surface area contributed by atoms with E-state index < -0.39 is 0 Å². The second-order valence-corrected chi connectivity index (χ2v) is 4.55. The van der Waals surface area contributed by atoms with Crippen LogP contribution in [0.15, 0.2) is 42.7 Å². The Bertz CT molecular complexity index is 528. The lowest BCUT2D eigenvalue weighted by Crippen LogP contribution is -2.22. The first-order valence-corrected chi connectivity index (χ1v) is 6.37. The van der Waals surface area contributed by atoms with E-state index in [1.807, 2.05) is 36.7 Å². The fourth-order valence-corrected chi connectivity index (χ4v) is 1.99. The summed E-state index contributed by atoms with van der Waals surface area (Å²) in [5.74, 6) is 0.140. The number of pyridine rings is 1. The van der Waals surface area contributed by atoms with Gasteiger partial charge in [0, 0.05) is 25.5 Å². The van der Waals surface area contributed by atoms with Crippen LogP contribution in [0.4, 0.5) is 5.69 Å². The minimum absolute atomic E-state index is 0.140. The molecular weight excluding hydrogens is 238 g/mol. The number of phenolic OH excluding ortho intramolecular Hbond substituents is 1. The first kappa shape index (κ1) is 13.4. The van der Waals surface area contributed by atoms with Crippen LogP contribution in [0.5, 0.6) is 5.75 Å². The number of nitrogen functional groups attached to an aromatic ring is 1. The van der Waals surface area contributed by atoms with Crippen molar-refractivity contribution in [2.75, 3.05) is 12.3 Å². The van der Waals surface area contributed by atoms with Crippen molar-refractivity contribution in [2.45, 2.75) is 20.0 Å². The highest BCUT2D eigenvalue weighted by Crippen LogP contribution is 2.21. The second-order valence-electron chi connectivity index (χ2n) is 4.55. The molecule has 2 rings (SSSR count). The molecule has 100 valence electrons. The lowest BCUT2D eigenvalue weighted by atomic mass is 10.1. The summed E-state index contributed by atoms with van der Waals surface area (Å²) in [6.45, 7) is 4.76. The molecule has 0 saturated carbocycles. The summed E-state index contributed by atoms with van der Waals surface area (Å²) in [6.07, 6.45) is 3.61.